The number of hydrogen-bond donors (Lipinski definition) is 2. The normalized spacial score (nSPS) is 13.1. The van der Waals surface area contributed by atoms with Crippen LogP contribution < -0.4 is 15.8 Å². The van der Waals surface area contributed by atoms with Crippen LogP contribution in [0.15, 0.2) is 54.6 Å². The molecule has 3 rings (SSSR count). The molecule has 0 aliphatic carbocycles. The summed E-state index contributed by atoms with van der Waals surface area (Å²) in [6, 6.07) is 17.6. The zero-order chi connectivity index (χ0) is 16.8. The van der Waals surface area contributed by atoms with Crippen molar-refractivity contribution in [3.8, 4) is 0 Å². The molecule has 0 fully saturated rings. The smallest absolute Gasteiger partial charge is 0.257 e. The second-order valence-electron chi connectivity index (χ2n) is 5.91. The molecular formula is C19H21N3O2. The minimum atomic E-state index is -0.228. The maximum Gasteiger partial charge on any atom is 0.257 e. The number of aryl methyl sites for hydroxylation is 1. The molecule has 0 saturated heterocycles. The monoisotopic (exact) mass is 323 g/mol. The summed E-state index contributed by atoms with van der Waals surface area (Å²) in [4.78, 5) is 26.0. The lowest BCUT2D eigenvalue weighted by molar-refractivity contribution is -0.127. The summed E-state index contributed by atoms with van der Waals surface area (Å²) in [6.07, 6.45) is 2.32. The van der Waals surface area contributed by atoms with Gasteiger partial charge in [0.1, 0.15) is 0 Å². The Kier molecular flexibility index (Phi) is 5.11. The molecule has 0 atom stereocenters. The van der Waals surface area contributed by atoms with Gasteiger partial charge in [-0.25, -0.2) is 0 Å². The number of carbonyl (C=O) groups excluding carboxylic acids is 2. The first-order valence-electron chi connectivity index (χ1n) is 8.17. The van der Waals surface area contributed by atoms with Crippen LogP contribution in [0.5, 0.6) is 0 Å². The number of fused-ring (bicyclic) bond motifs is 1. The van der Waals surface area contributed by atoms with Crippen molar-refractivity contribution in [2.75, 3.05) is 18.0 Å². The van der Waals surface area contributed by atoms with Gasteiger partial charge in [-0.15, -0.1) is 0 Å². The summed E-state index contributed by atoms with van der Waals surface area (Å²) < 4.78 is 0. The predicted molar refractivity (Wildman–Crippen MR) is 93.4 cm³/mol. The van der Waals surface area contributed by atoms with Crippen LogP contribution in [0.2, 0.25) is 0 Å². The van der Waals surface area contributed by atoms with Crippen molar-refractivity contribution >= 4 is 17.5 Å². The molecule has 2 N–H and O–H groups in total. The number of anilines is 1. The Morgan fingerprint density at radius 1 is 0.917 bits per heavy atom. The molecule has 0 bridgehead atoms. The summed E-state index contributed by atoms with van der Waals surface area (Å²) in [7, 11) is 0. The number of nitrogens with one attached hydrogen (secondary N) is 2. The van der Waals surface area contributed by atoms with Crippen molar-refractivity contribution in [3.63, 3.8) is 0 Å². The van der Waals surface area contributed by atoms with E-state index in [0.717, 1.165) is 30.6 Å². The van der Waals surface area contributed by atoms with Gasteiger partial charge in [0.25, 0.3) is 5.91 Å². The van der Waals surface area contributed by atoms with Gasteiger partial charge >= 0.3 is 0 Å². The molecule has 0 spiro atoms. The van der Waals surface area contributed by atoms with Crippen LogP contribution in [0.1, 0.15) is 17.5 Å². The van der Waals surface area contributed by atoms with E-state index in [1.165, 1.54) is 5.56 Å². The molecule has 2 amide bonds. The van der Waals surface area contributed by atoms with Gasteiger partial charge in [-0.3, -0.25) is 20.4 Å². The number of benzene rings is 2. The largest absolute Gasteiger partial charge is 0.362 e. The molecule has 1 aliphatic rings. The molecule has 24 heavy (non-hydrogen) atoms. The highest BCUT2D eigenvalue weighted by Gasteiger charge is 2.18. The van der Waals surface area contributed by atoms with E-state index in [9.17, 15) is 9.59 Å². The molecule has 0 saturated carbocycles. The van der Waals surface area contributed by atoms with E-state index in [-0.39, 0.29) is 24.8 Å². The third kappa shape index (κ3) is 4.13. The van der Waals surface area contributed by atoms with Crippen molar-refractivity contribution < 1.29 is 9.59 Å². The molecule has 1 aliphatic heterocycles. The van der Waals surface area contributed by atoms with Crippen molar-refractivity contribution in [1.29, 1.82) is 0 Å². The standard InChI is InChI=1S/C19H21N3O2/c23-18(13-15-7-2-1-3-8-15)20-21-19(24)14-22-12-6-10-16-9-4-5-11-17(16)22/h1-5,7-9,11H,6,10,12-14H2,(H,20,23)(H,21,24). The number of para-hydroxylation sites is 1. The van der Waals surface area contributed by atoms with Gasteiger partial charge < -0.3 is 4.90 Å². The zero-order valence-electron chi connectivity index (χ0n) is 13.5. The van der Waals surface area contributed by atoms with Crippen LogP contribution in [0.25, 0.3) is 0 Å². The zero-order valence-corrected chi connectivity index (χ0v) is 13.5. The van der Waals surface area contributed by atoms with Crippen LogP contribution in [0.4, 0.5) is 5.69 Å². The summed E-state index contributed by atoms with van der Waals surface area (Å²) in [5.74, 6) is -0.443. The highest BCUT2D eigenvalue weighted by atomic mass is 16.2. The van der Waals surface area contributed by atoms with E-state index in [4.69, 9.17) is 0 Å². The summed E-state index contributed by atoms with van der Waals surface area (Å²) >= 11 is 0. The highest BCUT2D eigenvalue weighted by molar-refractivity contribution is 5.86. The Balaban J connectivity index is 1.49. The molecule has 1 heterocycles. The summed E-state index contributed by atoms with van der Waals surface area (Å²) in [5, 5.41) is 0. The lowest BCUT2D eigenvalue weighted by Crippen LogP contribution is -2.47. The van der Waals surface area contributed by atoms with Gasteiger partial charge in [0.15, 0.2) is 0 Å². The number of hydrazine groups is 1. The number of rotatable bonds is 4. The van der Waals surface area contributed by atoms with Crippen molar-refractivity contribution in [3.05, 3.63) is 65.7 Å². The fourth-order valence-electron chi connectivity index (χ4n) is 2.95. The van der Waals surface area contributed by atoms with E-state index in [0.29, 0.717) is 0 Å². The van der Waals surface area contributed by atoms with E-state index < -0.39 is 0 Å². The molecule has 124 valence electrons. The van der Waals surface area contributed by atoms with Crippen LogP contribution in [0, 0.1) is 0 Å². The lowest BCUT2D eigenvalue weighted by Gasteiger charge is -2.30. The topological polar surface area (TPSA) is 61.4 Å². The second-order valence-corrected chi connectivity index (χ2v) is 5.91. The van der Waals surface area contributed by atoms with E-state index in [1.54, 1.807) is 0 Å². The lowest BCUT2D eigenvalue weighted by atomic mass is 10.0. The molecule has 0 radical (unpaired) electrons. The maximum atomic E-state index is 12.1. The van der Waals surface area contributed by atoms with Crippen LogP contribution in [-0.2, 0) is 22.4 Å². The fourth-order valence-corrected chi connectivity index (χ4v) is 2.95. The van der Waals surface area contributed by atoms with Gasteiger partial charge in [0.2, 0.25) is 5.91 Å². The van der Waals surface area contributed by atoms with Crippen molar-refractivity contribution in [2.45, 2.75) is 19.3 Å². The maximum absolute atomic E-state index is 12.1. The Bertz CT molecular complexity index is 716. The molecule has 5 nitrogen and oxygen atoms in total. The molecule has 2 aromatic carbocycles. The Labute approximate surface area is 141 Å². The Morgan fingerprint density at radius 2 is 1.62 bits per heavy atom. The van der Waals surface area contributed by atoms with Crippen LogP contribution in [0.3, 0.4) is 0 Å². The summed E-state index contributed by atoms with van der Waals surface area (Å²) in [5.41, 5.74) is 8.27. The van der Waals surface area contributed by atoms with Gasteiger partial charge in [-0.05, 0) is 30.0 Å². The predicted octanol–water partition coefficient (Wildman–Crippen LogP) is 1.83. The number of nitrogens with zero attached hydrogens (tertiary/aromatic N) is 1. The van der Waals surface area contributed by atoms with Gasteiger partial charge in [-0.1, -0.05) is 48.5 Å². The molecule has 5 heteroatoms. The first-order chi connectivity index (χ1) is 11.7. The Morgan fingerprint density at radius 3 is 2.46 bits per heavy atom. The van der Waals surface area contributed by atoms with Crippen LogP contribution >= 0.6 is 0 Å². The highest BCUT2D eigenvalue weighted by Crippen LogP contribution is 2.26. The number of hydrogen-bond acceptors (Lipinski definition) is 3. The van der Waals surface area contributed by atoms with E-state index in [2.05, 4.69) is 21.8 Å². The van der Waals surface area contributed by atoms with E-state index in [1.807, 2.05) is 48.5 Å². The minimum Gasteiger partial charge on any atom is -0.362 e. The molecule has 0 unspecified atom stereocenters. The van der Waals surface area contributed by atoms with Gasteiger partial charge in [0, 0.05) is 12.2 Å². The van der Waals surface area contributed by atoms with Gasteiger partial charge in [0.05, 0.1) is 13.0 Å². The SMILES string of the molecule is O=C(Cc1ccccc1)NNC(=O)CN1CCCc2ccccc21. The van der Waals surface area contributed by atoms with Gasteiger partial charge in [-0.2, -0.15) is 0 Å². The van der Waals surface area contributed by atoms with Crippen molar-refractivity contribution in [1.82, 2.24) is 10.9 Å². The minimum absolute atomic E-state index is 0.215. The third-order valence-electron chi connectivity index (χ3n) is 4.09. The first-order valence-corrected chi connectivity index (χ1v) is 8.17. The number of amides is 2. The molecular weight excluding hydrogens is 302 g/mol. The molecule has 0 aromatic heterocycles. The average Bonchev–Trinajstić information content (AvgIpc) is 2.61. The van der Waals surface area contributed by atoms with E-state index >= 15 is 0 Å². The first kappa shape index (κ1) is 16.1. The summed E-state index contributed by atoms with van der Waals surface area (Å²) in [6.45, 7) is 1.09. The third-order valence-corrected chi connectivity index (χ3v) is 4.09. The average molecular weight is 323 g/mol. The molecule has 2 aromatic rings. The number of carbonyl (C=O) groups is 2. The second kappa shape index (κ2) is 7.64. The van der Waals surface area contributed by atoms with Crippen molar-refractivity contribution in [2.24, 2.45) is 0 Å². The quantitative estimate of drug-likeness (QED) is 0.844. The fraction of sp³-hybridized carbons (Fsp3) is 0.263. The van der Waals surface area contributed by atoms with Crippen LogP contribution in [-0.4, -0.2) is 24.9 Å². The Hall–Kier alpha value is -2.82.